The molecule has 0 aliphatic rings. The number of hydrogen-bond acceptors (Lipinski definition) is 2. The molecule has 0 radical (unpaired) electrons. The number of nitrogen functional groups attached to an aromatic ring is 1. The van der Waals surface area contributed by atoms with E-state index < -0.39 is 0 Å². The van der Waals surface area contributed by atoms with Crippen LogP contribution in [0.2, 0.25) is 5.02 Å². The number of amides is 1. The minimum Gasteiger partial charge on any atom is -0.399 e. The lowest BCUT2D eigenvalue weighted by atomic mass is 10.1. The summed E-state index contributed by atoms with van der Waals surface area (Å²) in [5.41, 5.74) is 7.74. The van der Waals surface area contributed by atoms with E-state index in [9.17, 15) is 4.79 Å². The molecule has 2 rings (SSSR count). The van der Waals surface area contributed by atoms with Gasteiger partial charge in [-0.2, -0.15) is 0 Å². The van der Waals surface area contributed by atoms with Gasteiger partial charge < -0.3 is 11.1 Å². The van der Waals surface area contributed by atoms with Gasteiger partial charge in [0.25, 0.3) is 5.91 Å². The van der Waals surface area contributed by atoms with Crippen LogP contribution in [-0.4, -0.2) is 5.91 Å². The summed E-state index contributed by atoms with van der Waals surface area (Å²) in [6.07, 6.45) is 0. The molecule has 0 atom stereocenters. The summed E-state index contributed by atoms with van der Waals surface area (Å²) in [7, 11) is 0. The van der Waals surface area contributed by atoms with E-state index in [4.69, 9.17) is 17.3 Å². The monoisotopic (exact) mass is 338 g/mol. The average Bonchev–Trinajstić information content (AvgIpc) is 2.40. The van der Waals surface area contributed by atoms with E-state index in [1.54, 1.807) is 30.3 Å². The first kappa shape index (κ1) is 13.9. The molecule has 0 saturated carbocycles. The molecular formula is C14H12BrClN2O. The summed E-state index contributed by atoms with van der Waals surface area (Å²) >= 11 is 9.13. The molecule has 3 N–H and O–H groups in total. The first-order valence-corrected chi connectivity index (χ1v) is 6.81. The molecule has 19 heavy (non-hydrogen) atoms. The Hall–Kier alpha value is -1.52. The van der Waals surface area contributed by atoms with Crippen LogP contribution in [0.1, 0.15) is 15.9 Å². The van der Waals surface area contributed by atoms with E-state index in [1.807, 2.05) is 12.1 Å². The minimum atomic E-state index is -0.172. The second-order valence-corrected chi connectivity index (χ2v) is 5.34. The van der Waals surface area contributed by atoms with Gasteiger partial charge in [0.05, 0.1) is 5.56 Å². The van der Waals surface area contributed by atoms with Crippen LogP contribution in [0.3, 0.4) is 0 Å². The van der Waals surface area contributed by atoms with Gasteiger partial charge in [-0.15, -0.1) is 0 Å². The fraction of sp³-hybridized carbons (Fsp3) is 0.0714. The zero-order chi connectivity index (χ0) is 13.8. The highest BCUT2D eigenvalue weighted by Crippen LogP contribution is 2.19. The molecular weight excluding hydrogens is 328 g/mol. The maximum Gasteiger partial charge on any atom is 0.252 e. The fourth-order valence-corrected chi connectivity index (χ4v) is 2.15. The van der Waals surface area contributed by atoms with Crippen molar-refractivity contribution in [3.05, 3.63) is 63.1 Å². The van der Waals surface area contributed by atoms with E-state index >= 15 is 0 Å². The predicted octanol–water partition coefficient (Wildman–Crippen LogP) is 3.61. The van der Waals surface area contributed by atoms with Crippen LogP contribution in [0, 0.1) is 0 Å². The van der Waals surface area contributed by atoms with Gasteiger partial charge in [-0.1, -0.05) is 23.7 Å². The molecule has 2 aromatic rings. The Morgan fingerprint density at radius 3 is 2.58 bits per heavy atom. The molecule has 0 bridgehead atoms. The van der Waals surface area contributed by atoms with Crippen molar-refractivity contribution in [1.82, 2.24) is 5.32 Å². The number of nitrogens with one attached hydrogen (secondary N) is 1. The summed E-state index contributed by atoms with van der Waals surface area (Å²) < 4.78 is 0.718. The van der Waals surface area contributed by atoms with Gasteiger partial charge in [-0.3, -0.25) is 4.79 Å². The topological polar surface area (TPSA) is 55.1 Å². The Labute approximate surface area is 124 Å². The summed E-state index contributed by atoms with van der Waals surface area (Å²) in [6.45, 7) is 0.442. The van der Waals surface area contributed by atoms with Crippen molar-refractivity contribution in [3.8, 4) is 0 Å². The Kier molecular flexibility index (Phi) is 4.45. The highest BCUT2D eigenvalue weighted by molar-refractivity contribution is 9.10. The van der Waals surface area contributed by atoms with Crippen LogP contribution in [-0.2, 0) is 6.54 Å². The minimum absolute atomic E-state index is 0.172. The Morgan fingerprint density at radius 1 is 1.21 bits per heavy atom. The second kappa shape index (κ2) is 6.08. The third-order valence-corrected chi connectivity index (χ3v) is 3.54. The number of rotatable bonds is 3. The number of nitrogens with two attached hydrogens (primary N) is 1. The number of hydrogen-bond donors (Lipinski definition) is 2. The molecule has 0 aromatic heterocycles. The molecule has 0 aliphatic carbocycles. The molecule has 0 heterocycles. The average molecular weight is 340 g/mol. The highest BCUT2D eigenvalue weighted by Gasteiger charge is 2.09. The van der Waals surface area contributed by atoms with Gasteiger partial charge >= 0.3 is 0 Å². The molecule has 0 unspecified atom stereocenters. The smallest absolute Gasteiger partial charge is 0.252 e. The van der Waals surface area contributed by atoms with Crippen LogP contribution < -0.4 is 11.1 Å². The fourth-order valence-electron chi connectivity index (χ4n) is 1.60. The number of carbonyl (C=O) groups excluding carboxylic acids is 1. The molecule has 2 aromatic carbocycles. The summed E-state index contributed by atoms with van der Waals surface area (Å²) in [5.74, 6) is -0.172. The lowest BCUT2D eigenvalue weighted by Gasteiger charge is -2.08. The first-order chi connectivity index (χ1) is 9.06. The van der Waals surface area contributed by atoms with E-state index in [0.29, 0.717) is 22.8 Å². The maximum absolute atomic E-state index is 12.0. The Balaban J connectivity index is 2.05. The second-order valence-electron chi connectivity index (χ2n) is 4.05. The van der Waals surface area contributed by atoms with Crippen molar-refractivity contribution in [2.75, 3.05) is 5.73 Å². The summed E-state index contributed by atoms with van der Waals surface area (Å²) in [5, 5.41) is 3.51. The van der Waals surface area contributed by atoms with Gasteiger partial charge in [0.1, 0.15) is 0 Å². The maximum atomic E-state index is 12.0. The molecule has 5 heteroatoms. The largest absolute Gasteiger partial charge is 0.399 e. The molecule has 0 spiro atoms. The van der Waals surface area contributed by atoms with Crippen LogP contribution >= 0.6 is 27.5 Å². The van der Waals surface area contributed by atoms with Crippen molar-refractivity contribution in [2.45, 2.75) is 6.54 Å². The van der Waals surface area contributed by atoms with Gasteiger partial charge in [0.15, 0.2) is 0 Å². The normalized spacial score (nSPS) is 10.2. The molecule has 0 fully saturated rings. The van der Waals surface area contributed by atoms with E-state index in [2.05, 4.69) is 21.2 Å². The van der Waals surface area contributed by atoms with Gasteiger partial charge in [-0.05, 0) is 51.8 Å². The quantitative estimate of drug-likeness (QED) is 0.839. The van der Waals surface area contributed by atoms with Gasteiger partial charge in [0.2, 0.25) is 0 Å². The summed E-state index contributed by atoms with van der Waals surface area (Å²) in [4.78, 5) is 12.0. The van der Waals surface area contributed by atoms with Crippen LogP contribution in [0.4, 0.5) is 5.69 Å². The van der Waals surface area contributed by atoms with Crippen molar-refractivity contribution in [3.63, 3.8) is 0 Å². The van der Waals surface area contributed by atoms with Crippen LogP contribution in [0.25, 0.3) is 0 Å². The van der Waals surface area contributed by atoms with Crippen molar-refractivity contribution >= 4 is 39.1 Å². The highest BCUT2D eigenvalue weighted by atomic mass is 79.9. The number of anilines is 1. The number of halogens is 2. The number of benzene rings is 2. The Morgan fingerprint density at radius 2 is 1.89 bits per heavy atom. The van der Waals surface area contributed by atoms with E-state index in [0.717, 1.165) is 10.0 Å². The molecule has 0 aliphatic heterocycles. The van der Waals surface area contributed by atoms with Crippen molar-refractivity contribution in [2.24, 2.45) is 0 Å². The lowest BCUT2D eigenvalue weighted by molar-refractivity contribution is 0.0950. The first-order valence-electron chi connectivity index (χ1n) is 5.64. The van der Waals surface area contributed by atoms with Gasteiger partial charge in [-0.25, -0.2) is 0 Å². The zero-order valence-electron chi connectivity index (χ0n) is 9.99. The Bertz CT molecular complexity index is 599. The number of carbonyl (C=O) groups is 1. The van der Waals surface area contributed by atoms with Crippen LogP contribution in [0.5, 0.6) is 0 Å². The van der Waals surface area contributed by atoms with Crippen molar-refractivity contribution < 1.29 is 4.79 Å². The zero-order valence-corrected chi connectivity index (χ0v) is 12.3. The summed E-state index contributed by atoms with van der Waals surface area (Å²) in [6, 6.07) is 12.5. The molecule has 3 nitrogen and oxygen atoms in total. The molecule has 98 valence electrons. The van der Waals surface area contributed by atoms with E-state index in [1.165, 1.54) is 0 Å². The van der Waals surface area contributed by atoms with Gasteiger partial charge in [0, 0.05) is 21.7 Å². The van der Waals surface area contributed by atoms with Crippen LogP contribution in [0.15, 0.2) is 46.9 Å². The predicted molar refractivity (Wildman–Crippen MR) is 81.2 cm³/mol. The molecule has 1 amide bonds. The van der Waals surface area contributed by atoms with Crippen molar-refractivity contribution in [1.29, 1.82) is 0 Å². The van der Waals surface area contributed by atoms with E-state index in [-0.39, 0.29) is 5.91 Å². The SMILES string of the molecule is Nc1ccc(Br)c(C(=O)NCc2ccc(Cl)cc2)c1. The lowest BCUT2D eigenvalue weighted by Crippen LogP contribution is -2.23. The third kappa shape index (κ3) is 3.72. The standard InChI is InChI=1S/C14H12BrClN2O/c15-13-6-5-11(17)7-12(13)14(19)18-8-9-1-3-10(16)4-2-9/h1-7H,8,17H2,(H,18,19). The molecule has 0 saturated heterocycles. The third-order valence-electron chi connectivity index (χ3n) is 2.60.